The van der Waals surface area contributed by atoms with Crippen LogP contribution in [0.3, 0.4) is 0 Å². The zero-order valence-electron chi connectivity index (χ0n) is 15.4. The minimum absolute atomic E-state index is 0.0760. The van der Waals surface area contributed by atoms with Crippen LogP contribution in [-0.2, 0) is 9.59 Å². The Hall–Kier alpha value is -3.27. The molecule has 1 saturated heterocycles. The van der Waals surface area contributed by atoms with Crippen molar-refractivity contribution in [2.75, 3.05) is 4.90 Å². The van der Waals surface area contributed by atoms with Gasteiger partial charge in [0.15, 0.2) is 0 Å². The van der Waals surface area contributed by atoms with Crippen molar-refractivity contribution < 1.29 is 9.59 Å². The molecule has 1 aromatic heterocycles. The number of hydrogen-bond donors (Lipinski definition) is 0. The average molecular weight is 366 g/mol. The van der Waals surface area contributed by atoms with Gasteiger partial charge in [0.2, 0.25) is 11.8 Å². The summed E-state index contributed by atoms with van der Waals surface area (Å²) in [6.07, 6.45) is 1.64. The summed E-state index contributed by atoms with van der Waals surface area (Å²) < 4.78 is 0. The minimum atomic E-state index is -0.358. The third-order valence-corrected chi connectivity index (χ3v) is 6.64. The SMILES string of the molecule is Cc1cccnc1N1C(=O)C2C3c4ccccc4C(c4ccccc43)C2C1=O. The molecule has 2 heterocycles. The van der Waals surface area contributed by atoms with Gasteiger partial charge in [0.25, 0.3) is 0 Å². The number of amides is 2. The van der Waals surface area contributed by atoms with E-state index in [1.807, 2.05) is 43.3 Å². The van der Waals surface area contributed by atoms with Gasteiger partial charge in [-0.15, -0.1) is 0 Å². The van der Waals surface area contributed by atoms with E-state index in [4.69, 9.17) is 0 Å². The van der Waals surface area contributed by atoms with E-state index in [9.17, 15) is 9.59 Å². The lowest BCUT2D eigenvalue weighted by Crippen LogP contribution is -2.41. The molecule has 0 saturated carbocycles. The van der Waals surface area contributed by atoms with Gasteiger partial charge in [0.05, 0.1) is 11.8 Å². The number of benzene rings is 2. The molecule has 4 heteroatoms. The van der Waals surface area contributed by atoms with Crippen LogP contribution in [0.15, 0.2) is 66.9 Å². The maximum atomic E-state index is 13.6. The quantitative estimate of drug-likeness (QED) is 0.616. The molecular weight excluding hydrogens is 348 g/mol. The molecule has 136 valence electrons. The Balaban J connectivity index is 1.59. The number of rotatable bonds is 1. The van der Waals surface area contributed by atoms with Crippen LogP contribution < -0.4 is 4.90 Å². The molecule has 2 atom stereocenters. The number of aromatic nitrogens is 1. The molecule has 2 aromatic carbocycles. The fourth-order valence-corrected chi connectivity index (χ4v) is 5.60. The Morgan fingerprint density at radius 1 is 0.714 bits per heavy atom. The van der Waals surface area contributed by atoms with Crippen LogP contribution in [0.25, 0.3) is 0 Å². The molecule has 28 heavy (non-hydrogen) atoms. The van der Waals surface area contributed by atoms with Crippen molar-refractivity contribution in [2.45, 2.75) is 18.8 Å². The van der Waals surface area contributed by atoms with Crippen molar-refractivity contribution in [1.82, 2.24) is 4.98 Å². The Labute approximate surface area is 162 Å². The molecule has 4 aliphatic rings. The standard InChI is InChI=1S/C24H18N2O2/c1-13-7-6-12-25-22(13)26-23(27)20-18-14-8-2-3-9-15(14)19(21(20)24(26)28)17-11-5-4-10-16(17)18/h2-12,18-21H,1H3. The van der Waals surface area contributed by atoms with E-state index in [0.717, 1.165) is 5.56 Å². The normalized spacial score (nSPS) is 26.8. The van der Waals surface area contributed by atoms with E-state index < -0.39 is 0 Å². The molecule has 1 fully saturated rings. The minimum Gasteiger partial charge on any atom is -0.274 e. The molecule has 3 aliphatic carbocycles. The van der Waals surface area contributed by atoms with Gasteiger partial charge < -0.3 is 0 Å². The lowest BCUT2D eigenvalue weighted by Gasteiger charge is -2.45. The van der Waals surface area contributed by atoms with E-state index in [1.165, 1.54) is 27.2 Å². The van der Waals surface area contributed by atoms with E-state index in [-0.39, 0.29) is 35.5 Å². The molecule has 0 spiro atoms. The van der Waals surface area contributed by atoms with Crippen LogP contribution in [0.5, 0.6) is 0 Å². The summed E-state index contributed by atoms with van der Waals surface area (Å²) in [5, 5.41) is 0. The second-order valence-electron chi connectivity index (χ2n) is 7.92. The number of anilines is 1. The van der Waals surface area contributed by atoms with E-state index in [2.05, 4.69) is 29.2 Å². The van der Waals surface area contributed by atoms with Crippen LogP contribution in [0.2, 0.25) is 0 Å². The van der Waals surface area contributed by atoms with Gasteiger partial charge in [0.1, 0.15) is 5.82 Å². The Kier molecular flexibility index (Phi) is 3.03. The smallest absolute Gasteiger partial charge is 0.239 e. The lowest BCUT2D eigenvalue weighted by atomic mass is 9.55. The first kappa shape index (κ1) is 15.8. The molecule has 1 aliphatic heterocycles. The van der Waals surface area contributed by atoms with Gasteiger partial charge in [-0.2, -0.15) is 0 Å². The zero-order valence-corrected chi connectivity index (χ0v) is 15.4. The highest BCUT2D eigenvalue weighted by atomic mass is 16.2. The highest BCUT2D eigenvalue weighted by Gasteiger charge is 2.62. The molecular formula is C24H18N2O2. The van der Waals surface area contributed by atoms with Crippen LogP contribution in [-0.4, -0.2) is 16.8 Å². The molecule has 0 radical (unpaired) electrons. The Morgan fingerprint density at radius 2 is 1.18 bits per heavy atom. The maximum Gasteiger partial charge on any atom is 0.239 e. The zero-order chi connectivity index (χ0) is 19.0. The van der Waals surface area contributed by atoms with Gasteiger partial charge in [-0.05, 0) is 40.8 Å². The number of aryl methyl sites for hydroxylation is 1. The summed E-state index contributed by atoms with van der Waals surface area (Å²) >= 11 is 0. The van der Waals surface area contributed by atoms with Gasteiger partial charge in [0, 0.05) is 18.0 Å². The highest BCUT2D eigenvalue weighted by Crippen LogP contribution is 2.61. The van der Waals surface area contributed by atoms with E-state index in [1.54, 1.807) is 6.20 Å². The number of pyridine rings is 1. The molecule has 2 unspecified atom stereocenters. The number of nitrogens with zero attached hydrogens (tertiary/aromatic N) is 2. The predicted molar refractivity (Wildman–Crippen MR) is 105 cm³/mol. The third kappa shape index (κ3) is 1.78. The third-order valence-electron chi connectivity index (χ3n) is 6.64. The summed E-state index contributed by atoms with van der Waals surface area (Å²) in [5.41, 5.74) is 5.59. The molecule has 7 rings (SSSR count). The van der Waals surface area contributed by atoms with Gasteiger partial charge in [-0.25, -0.2) is 9.88 Å². The van der Waals surface area contributed by atoms with Gasteiger partial charge in [-0.3, -0.25) is 9.59 Å². The van der Waals surface area contributed by atoms with E-state index >= 15 is 0 Å². The first-order valence-electron chi connectivity index (χ1n) is 9.65. The van der Waals surface area contributed by atoms with Crippen molar-refractivity contribution in [3.63, 3.8) is 0 Å². The first-order valence-corrected chi connectivity index (χ1v) is 9.65. The summed E-state index contributed by atoms with van der Waals surface area (Å²) in [5.74, 6) is -0.626. The topological polar surface area (TPSA) is 50.3 Å². The Bertz CT molecular complexity index is 1050. The van der Waals surface area contributed by atoms with Crippen molar-refractivity contribution in [1.29, 1.82) is 0 Å². The van der Waals surface area contributed by atoms with Crippen molar-refractivity contribution in [3.05, 3.63) is 94.7 Å². The van der Waals surface area contributed by atoms with Crippen LogP contribution >= 0.6 is 0 Å². The van der Waals surface area contributed by atoms with Gasteiger partial charge in [-0.1, -0.05) is 54.6 Å². The summed E-state index contributed by atoms with van der Waals surface area (Å²) in [6.45, 7) is 1.89. The second-order valence-corrected chi connectivity index (χ2v) is 7.92. The Morgan fingerprint density at radius 3 is 1.61 bits per heavy atom. The van der Waals surface area contributed by atoms with Crippen molar-refractivity contribution in [3.8, 4) is 0 Å². The predicted octanol–water partition coefficient (Wildman–Crippen LogP) is 3.79. The summed E-state index contributed by atoms with van der Waals surface area (Å²) in [4.78, 5) is 32.9. The number of carbonyl (C=O) groups is 2. The van der Waals surface area contributed by atoms with Crippen molar-refractivity contribution >= 4 is 17.6 Å². The largest absolute Gasteiger partial charge is 0.274 e. The van der Waals surface area contributed by atoms with Gasteiger partial charge >= 0.3 is 0 Å². The second kappa shape index (κ2) is 5.38. The molecule has 2 bridgehead atoms. The molecule has 4 nitrogen and oxygen atoms in total. The monoisotopic (exact) mass is 366 g/mol. The van der Waals surface area contributed by atoms with E-state index in [0.29, 0.717) is 5.82 Å². The molecule has 0 N–H and O–H groups in total. The average Bonchev–Trinajstić information content (AvgIpc) is 2.99. The lowest BCUT2D eigenvalue weighted by molar-refractivity contribution is -0.122. The fraction of sp³-hybridized carbons (Fsp3) is 0.208. The first-order chi connectivity index (χ1) is 13.7. The highest BCUT2D eigenvalue weighted by molar-refractivity contribution is 6.23. The van der Waals surface area contributed by atoms with Crippen LogP contribution in [0.1, 0.15) is 39.7 Å². The van der Waals surface area contributed by atoms with Crippen molar-refractivity contribution in [2.24, 2.45) is 11.8 Å². The number of imide groups is 1. The maximum absolute atomic E-state index is 13.6. The molecule has 2 amide bonds. The summed E-state index contributed by atoms with van der Waals surface area (Å²) in [6, 6.07) is 20.3. The number of hydrogen-bond acceptors (Lipinski definition) is 3. The van der Waals surface area contributed by atoms with Crippen LogP contribution in [0, 0.1) is 18.8 Å². The molecule has 3 aromatic rings. The fourth-order valence-electron chi connectivity index (χ4n) is 5.60. The van der Waals surface area contributed by atoms with Crippen LogP contribution in [0.4, 0.5) is 5.82 Å². The summed E-state index contributed by atoms with van der Waals surface area (Å²) in [7, 11) is 0. The number of carbonyl (C=O) groups excluding carboxylic acids is 2.